The number of halogens is 1. The highest BCUT2D eigenvalue weighted by atomic mass is 35.5. The Morgan fingerprint density at radius 3 is 2.90 bits per heavy atom. The third-order valence-corrected chi connectivity index (χ3v) is 4.64. The van der Waals surface area contributed by atoms with Crippen molar-refractivity contribution < 1.29 is 4.79 Å². The number of fused-ring (bicyclic) bond motifs is 1. The second-order valence-electron chi connectivity index (χ2n) is 6.15. The predicted octanol–water partition coefficient (Wildman–Crippen LogP) is 2.67. The van der Waals surface area contributed by atoms with Crippen LogP contribution in [-0.4, -0.2) is 37.5 Å². The Balaban J connectivity index is 0.00000161. The molecule has 1 aliphatic heterocycles. The number of benzene rings is 1. The summed E-state index contributed by atoms with van der Waals surface area (Å²) >= 11 is 0. The number of hydrogen-bond acceptors (Lipinski definition) is 2. The SMILES string of the molecule is CNCC1CCCN(C(=O)c2ccc3c(c2)CCC3)C1.Cl. The van der Waals surface area contributed by atoms with E-state index in [2.05, 4.69) is 17.4 Å². The molecule has 1 N–H and O–H groups in total. The van der Waals surface area contributed by atoms with Gasteiger partial charge in [0.1, 0.15) is 0 Å². The van der Waals surface area contributed by atoms with Gasteiger partial charge in [-0.25, -0.2) is 0 Å². The number of hydrogen-bond donors (Lipinski definition) is 1. The van der Waals surface area contributed by atoms with E-state index in [0.717, 1.165) is 38.0 Å². The molecule has 1 aromatic rings. The lowest BCUT2D eigenvalue weighted by Gasteiger charge is -2.33. The summed E-state index contributed by atoms with van der Waals surface area (Å²) in [6.07, 6.45) is 5.91. The summed E-state index contributed by atoms with van der Waals surface area (Å²) in [5, 5.41) is 3.23. The number of nitrogens with one attached hydrogen (secondary N) is 1. The van der Waals surface area contributed by atoms with Gasteiger partial charge in [0, 0.05) is 18.7 Å². The molecule has 116 valence electrons. The molecule has 2 aliphatic rings. The zero-order chi connectivity index (χ0) is 13.9. The van der Waals surface area contributed by atoms with Gasteiger partial charge in [0.2, 0.25) is 0 Å². The van der Waals surface area contributed by atoms with Crippen LogP contribution in [0.5, 0.6) is 0 Å². The van der Waals surface area contributed by atoms with Crippen LogP contribution in [0.25, 0.3) is 0 Å². The van der Waals surface area contributed by atoms with Crippen LogP contribution in [0.1, 0.15) is 40.7 Å². The van der Waals surface area contributed by atoms with E-state index in [1.165, 1.54) is 30.4 Å². The summed E-state index contributed by atoms with van der Waals surface area (Å²) in [5.74, 6) is 0.827. The summed E-state index contributed by atoms with van der Waals surface area (Å²) < 4.78 is 0. The van der Waals surface area contributed by atoms with Crippen LogP contribution in [-0.2, 0) is 12.8 Å². The van der Waals surface area contributed by atoms with Crippen molar-refractivity contribution in [1.82, 2.24) is 10.2 Å². The van der Waals surface area contributed by atoms with E-state index in [1.54, 1.807) is 0 Å². The van der Waals surface area contributed by atoms with Crippen molar-refractivity contribution in [3.05, 3.63) is 34.9 Å². The summed E-state index contributed by atoms with van der Waals surface area (Å²) in [6.45, 7) is 2.82. The summed E-state index contributed by atoms with van der Waals surface area (Å²) in [6, 6.07) is 6.31. The van der Waals surface area contributed by atoms with E-state index in [4.69, 9.17) is 0 Å². The average Bonchev–Trinajstić information content (AvgIpc) is 2.94. The monoisotopic (exact) mass is 308 g/mol. The number of carbonyl (C=O) groups excluding carboxylic acids is 1. The molecule has 0 bridgehead atoms. The molecule has 0 spiro atoms. The van der Waals surface area contributed by atoms with Gasteiger partial charge in [-0.1, -0.05) is 6.07 Å². The number of nitrogens with zero attached hydrogens (tertiary/aromatic N) is 1. The molecule has 1 amide bonds. The van der Waals surface area contributed by atoms with Crippen molar-refractivity contribution in [2.75, 3.05) is 26.7 Å². The number of amides is 1. The fourth-order valence-corrected chi connectivity index (χ4v) is 3.59. The first kappa shape index (κ1) is 16.3. The quantitative estimate of drug-likeness (QED) is 0.931. The Labute approximate surface area is 133 Å². The molecule has 1 saturated heterocycles. The van der Waals surface area contributed by atoms with E-state index < -0.39 is 0 Å². The van der Waals surface area contributed by atoms with Gasteiger partial charge in [0.25, 0.3) is 5.91 Å². The summed E-state index contributed by atoms with van der Waals surface area (Å²) in [7, 11) is 1.99. The van der Waals surface area contributed by atoms with Gasteiger partial charge in [0.15, 0.2) is 0 Å². The predicted molar refractivity (Wildman–Crippen MR) is 88.3 cm³/mol. The van der Waals surface area contributed by atoms with Crippen LogP contribution in [0.3, 0.4) is 0 Å². The van der Waals surface area contributed by atoms with Crippen molar-refractivity contribution in [1.29, 1.82) is 0 Å². The molecule has 21 heavy (non-hydrogen) atoms. The third kappa shape index (κ3) is 3.58. The summed E-state index contributed by atoms with van der Waals surface area (Å²) in [4.78, 5) is 14.7. The molecule has 1 fully saturated rings. The van der Waals surface area contributed by atoms with Crippen LogP contribution in [0.15, 0.2) is 18.2 Å². The van der Waals surface area contributed by atoms with Crippen LogP contribution in [0, 0.1) is 5.92 Å². The molecule has 3 nitrogen and oxygen atoms in total. The van der Waals surface area contributed by atoms with Gasteiger partial charge < -0.3 is 10.2 Å². The van der Waals surface area contributed by atoms with Crippen molar-refractivity contribution >= 4 is 18.3 Å². The largest absolute Gasteiger partial charge is 0.338 e. The second-order valence-corrected chi connectivity index (χ2v) is 6.15. The first-order chi connectivity index (χ1) is 9.78. The molecule has 1 aromatic carbocycles. The number of rotatable bonds is 3. The topological polar surface area (TPSA) is 32.3 Å². The molecule has 1 heterocycles. The lowest BCUT2D eigenvalue weighted by atomic mass is 9.97. The standard InChI is InChI=1S/C17H24N2O.ClH/c1-18-11-13-4-3-9-19(12-13)17(20)16-8-7-14-5-2-6-15(14)10-16;/h7-8,10,13,18H,2-6,9,11-12H2,1H3;1H. The van der Waals surface area contributed by atoms with E-state index in [9.17, 15) is 4.79 Å². The molecule has 1 aliphatic carbocycles. The van der Waals surface area contributed by atoms with Gasteiger partial charge in [-0.2, -0.15) is 0 Å². The Hall–Kier alpha value is -1.06. The molecule has 0 saturated carbocycles. The maximum Gasteiger partial charge on any atom is 0.253 e. The van der Waals surface area contributed by atoms with E-state index in [0.29, 0.717) is 5.92 Å². The van der Waals surface area contributed by atoms with Gasteiger partial charge in [-0.3, -0.25) is 4.79 Å². The maximum absolute atomic E-state index is 12.7. The van der Waals surface area contributed by atoms with E-state index in [-0.39, 0.29) is 18.3 Å². The Morgan fingerprint density at radius 1 is 1.29 bits per heavy atom. The molecule has 3 rings (SSSR count). The smallest absolute Gasteiger partial charge is 0.253 e. The van der Waals surface area contributed by atoms with Crippen molar-refractivity contribution in [3.63, 3.8) is 0 Å². The van der Waals surface area contributed by atoms with Crippen LogP contribution in [0.4, 0.5) is 0 Å². The van der Waals surface area contributed by atoms with Crippen molar-refractivity contribution in [3.8, 4) is 0 Å². The molecule has 0 radical (unpaired) electrons. The average molecular weight is 309 g/mol. The van der Waals surface area contributed by atoms with Gasteiger partial charge >= 0.3 is 0 Å². The molecule has 1 unspecified atom stereocenters. The minimum Gasteiger partial charge on any atom is -0.338 e. The summed E-state index contributed by atoms with van der Waals surface area (Å²) in [5.41, 5.74) is 3.71. The highest BCUT2D eigenvalue weighted by Crippen LogP contribution is 2.24. The normalized spacial score (nSPS) is 20.8. The van der Waals surface area contributed by atoms with Gasteiger partial charge in [-0.05, 0) is 74.9 Å². The zero-order valence-corrected chi connectivity index (χ0v) is 13.5. The van der Waals surface area contributed by atoms with Crippen molar-refractivity contribution in [2.24, 2.45) is 5.92 Å². The lowest BCUT2D eigenvalue weighted by molar-refractivity contribution is 0.0674. The first-order valence-corrected chi connectivity index (χ1v) is 7.83. The molecule has 1 atom stereocenters. The number of carbonyl (C=O) groups is 1. The van der Waals surface area contributed by atoms with Crippen LogP contribution < -0.4 is 5.32 Å². The minimum absolute atomic E-state index is 0. The van der Waals surface area contributed by atoms with Crippen LogP contribution >= 0.6 is 12.4 Å². The molecular weight excluding hydrogens is 284 g/mol. The van der Waals surface area contributed by atoms with Gasteiger partial charge in [-0.15, -0.1) is 12.4 Å². The van der Waals surface area contributed by atoms with Crippen LogP contribution in [0.2, 0.25) is 0 Å². The number of piperidine rings is 1. The second kappa shape index (κ2) is 7.28. The Bertz CT molecular complexity index is 502. The first-order valence-electron chi connectivity index (χ1n) is 7.83. The minimum atomic E-state index is 0. The zero-order valence-electron chi connectivity index (χ0n) is 12.7. The number of likely N-dealkylation sites (tertiary alicyclic amines) is 1. The molecule has 0 aromatic heterocycles. The Kier molecular flexibility index (Phi) is 5.65. The maximum atomic E-state index is 12.7. The molecular formula is C17H25ClN2O. The highest BCUT2D eigenvalue weighted by Gasteiger charge is 2.24. The van der Waals surface area contributed by atoms with E-state index in [1.807, 2.05) is 18.0 Å². The molecule has 4 heteroatoms. The fourth-order valence-electron chi connectivity index (χ4n) is 3.59. The highest BCUT2D eigenvalue weighted by molar-refractivity contribution is 5.94. The van der Waals surface area contributed by atoms with Crippen molar-refractivity contribution in [2.45, 2.75) is 32.1 Å². The lowest BCUT2D eigenvalue weighted by Crippen LogP contribution is -2.42. The van der Waals surface area contributed by atoms with E-state index >= 15 is 0 Å². The van der Waals surface area contributed by atoms with Gasteiger partial charge in [0.05, 0.1) is 0 Å². The number of aryl methyl sites for hydroxylation is 2. The third-order valence-electron chi connectivity index (χ3n) is 4.64. The Morgan fingerprint density at radius 2 is 2.10 bits per heavy atom. The fraction of sp³-hybridized carbons (Fsp3) is 0.588.